The average molecular weight is 514 g/mol. The molecule has 0 bridgehead atoms. The van der Waals surface area contributed by atoms with Gasteiger partial charge < -0.3 is 9.47 Å². The largest absolute Gasteiger partial charge is 0.425 e. The molecule has 0 amide bonds. The number of aryl methyl sites for hydroxylation is 1. The number of aromatic nitrogens is 1. The first-order valence-corrected chi connectivity index (χ1v) is 12.9. The predicted octanol–water partition coefficient (Wildman–Crippen LogP) is 8.19. The number of carbonyl (C=O) groups excluding carboxylic acids is 1. The zero-order chi connectivity index (χ0) is 26.7. The molecule has 0 fully saturated rings. The fourth-order valence-corrected chi connectivity index (χ4v) is 3.93. The fourth-order valence-electron chi connectivity index (χ4n) is 3.93. The van der Waals surface area contributed by atoms with E-state index in [4.69, 9.17) is 4.74 Å². The van der Waals surface area contributed by atoms with Crippen LogP contribution in [0.5, 0.6) is 5.75 Å². The van der Waals surface area contributed by atoms with Crippen LogP contribution in [-0.2, 0) is 16.0 Å². The molecule has 0 saturated heterocycles. The minimum Gasteiger partial charge on any atom is -0.424 e. The Kier molecular flexibility index (Phi) is 10.7. The summed E-state index contributed by atoms with van der Waals surface area (Å²) in [4.78, 5) is 16.6. The zero-order valence-electron chi connectivity index (χ0n) is 21.4. The van der Waals surface area contributed by atoms with E-state index in [2.05, 4.69) is 40.9 Å². The summed E-state index contributed by atoms with van der Waals surface area (Å²) < 4.78 is 48.9. The molecule has 0 N–H and O–H groups in total. The van der Waals surface area contributed by atoms with Crippen LogP contribution in [0, 0.1) is 0 Å². The number of alkyl halides is 3. The van der Waals surface area contributed by atoms with Gasteiger partial charge in [-0.1, -0.05) is 82.0 Å². The molecule has 0 saturated carbocycles. The highest BCUT2D eigenvalue weighted by Crippen LogP contribution is 2.27. The summed E-state index contributed by atoms with van der Waals surface area (Å²) in [6.07, 6.45) is 2.07. The van der Waals surface area contributed by atoms with E-state index in [0.717, 1.165) is 28.8 Å². The third-order valence-electron chi connectivity index (χ3n) is 5.99. The molecule has 37 heavy (non-hydrogen) atoms. The molecular formula is C30H34F3NO3. The number of benzene rings is 2. The molecule has 1 atom stereocenters. The Morgan fingerprint density at radius 2 is 1.46 bits per heavy atom. The number of hydrogen-bond acceptors (Lipinski definition) is 4. The van der Waals surface area contributed by atoms with Crippen LogP contribution in [0.15, 0.2) is 66.9 Å². The molecule has 0 spiro atoms. The summed E-state index contributed by atoms with van der Waals surface area (Å²) in [5.41, 5.74) is 4.86. The van der Waals surface area contributed by atoms with Crippen molar-refractivity contribution in [3.8, 4) is 28.1 Å². The van der Waals surface area contributed by atoms with E-state index < -0.39 is 18.2 Å². The molecule has 1 unspecified atom stereocenters. The molecule has 4 nitrogen and oxygen atoms in total. The van der Waals surface area contributed by atoms with E-state index in [9.17, 15) is 18.0 Å². The molecule has 2 aromatic carbocycles. The third kappa shape index (κ3) is 8.71. The van der Waals surface area contributed by atoms with Crippen LogP contribution < -0.4 is 4.74 Å². The van der Waals surface area contributed by atoms with Gasteiger partial charge in [0.2, 0.25) is 0 Å². The maximum atomic E-state index is 13.1. The highest BCUT2D eigenvalue weighted by atomic mass is 19.4. The van der Waals surface area contributed by atoms with Gasteiger partial charge in [0.05, 0.1) is 5.69 Å². The van der Waals surface area contributed by atoms with E-state index in [1.165, 1.54) is 49.8 Å². The summed E-state index contributed by atoms with van der Waals surface area (Å²) in [6, 6.07) is 18.6. The zero-order valence-corrected chi connectivity index (χ0v) is 21.4. The lowest BCUT2D eigenvalue weighted by Crippen LogP contribution is -2.41. The highest BCUT2D eigenvalue weighted by Gasteiger charge is 2.47. The molecule has 0 aliphatic rings. The van der Waals surface area contributed by atoms with Crippen LogP contribution in [0.25, 0.3) is 22.4 Å². The van der Waals surface area contributed by atoms with Gasteiger partial charge in [0.25, 0.3) is 6.10 Å². The fraction of sp³-hybridized carbons (Fsp3) is 0.400. The summed E-state index contributed by atoms with van der Waals surface area (Å²) >= 11 is 0. The Balaban J connectivity index is 1.59. The van der Waals surface area contributed by atoms with Gasteiger partial charge in [-0.15, -0.1) is 0 Å². The second kappa shape index (κ2) is 13.9. The molecule has 198 valence electrons. The monoisotopic (exact) mass is 513 g/mol. The molecule has 7 heteroatoms. The van der Waals surface area contributed by atoms with Gasteiger partial charge in [-0.2, -0.15) is 13.2 Å². The standard InChI is InChI=1S/C30H34F3NO3/c1-3-5-6-7-8-9-22-10-12-24(13-11-22)27-19-16-25(21-34-27)23-14-17-26(18-15-23)37-29(35)28(30(31,32)33)36-20-4-2/h10-19,21,28H,3-9,20H2,1-2H3. The van der Waals surface area contributed by atoms with Crippen molar-refractivity contribution in [2.24, 2.45) is 0 Å². The minimum atomic E-state index is -4.84. The number of unbranched alkanes of at least 4 members (excludes halogenated alkanes) is 4. The quantitative estimate of drug-likeness (QED) is 0.131. The number of rotatable bonds is 13. The van der Waals surface area contributed by atoms with Gasteiger partial charge in [-0.25, -0.2) is 4.79 Å². The van der Waals surface area contributed by atoms with Crippen LogP contribution in [-0.4, -0.2) is 29.8 Å². The number of pyridine rings is 1. The second-order valence-corrected chi connectivity index (χ2v) is 9.03. The number of carbonyl (C=O) groups is 1. The summed E-state index contributed by atoms with van der Waals surface area (Å²) in [7, 11) is 0. The summed E-state index contributed by atoms with van der Waals surface area (Å²) in [6.45, 7) is 3.69. The highest BCUT2D eigenvalue weighted by molar-refractivity contribution is 5.78. The first-order chi connectivity index (χ1) is 17.8. The Hall–Kier alpha value is -3.19. The van der Waals surface area contributed by atoms with E-state index >= 15 is 0 Å². The Labute approximate surface area is 216 Å². The number of nitrogens with zero attached hydrogens (tertiary/aromatic N) is 1. The first kappa shape index (κ1) is 28.4. The van der Waals surface area contributed by atoms with Gasteiger partial charge in [-0.05, 0) is 48.6 Å². The second-order valence-electron chi connectivity index (χ2n) is 9.03. The topological polar surface area (TPSA) is 48.4 Å². The third-order valence-corrected chi connectivity index (χ3v) is 5.99. The molecule has 0 radical (unpaired) electrons. The Morgan fingerprint density at radius 3 is 2.05 bits per heavy atom. The molecule has 1 heterocycles. The SMILES string of the molecule is CCCCCCCc1ccc(-c2ccc(-c3ccc(OC(=O)C(OCCC)C(F)(F)F)cc3)cn2)cc1. The maximum Gasteiger partial charge on any atom is 0.425 e. The van der Waals surface area contributed by atoms with Gasteiger partial charge in [0.15, 0.2) is 0 Å². The lowest BCUT2D eigenvalue weighted by atomic mass is 10.0. The number of halogens is 3. The van der Waals surface area contributed by atoms with Crippen molar-refractivity contribution in [1.82, 2.24) is 4.98 Å². The van der Waals surface area contributed by atoms with Crippen molar-refractivity contribution in [2.75, 3.05) is 6.61 Å². The van der Waals surface area contributed by atoms with Crippen LogP contribution in [0.4, 0.5) is 13.2 Å². The Bertz CT molecular complexity index is 1090. The summed E-state index contributed by atoms with van der Waals surface area (Å²) in [5.74, 6) is -1.47. The average Bonchev–Trinajstić information content (AvgIpc) is 2.89. The van der Waals surface area contributed by atoms with Crippen molar-refractivity contribution in [2.45, 2.75) is 71.1 Å². The molecule has 1 aromatic heterocycles. The maximum absolute atomic E-state index is 13.1. The lowest BCUT2D eigenvalue weighted by Gasteiger charge is -2.19. The molecule has 3 aromatic rings. The molecular weight excluding hydrogens is 479 g/mol. The van der Waals surface area contributed by atoms with Gasteiger partial charge >= 0.3 is 12.1 Å². The normalized spacial score (nSPS) is 12.4. The van der Waals surface area contributed by atoms with E-state index in [-0.39, 0.29) is 12.4 Å². The smallest absolute Gasteiger partial charge is 0.424 e. The molecule has 0 aliphatic carbocycles. The lowest BCUT2D eigenvalue weighted by molar-refractivity contribution is -0.225. The van der Waals surface area contributed by atoms with Crippen molar-refractivity contribution < 1.29 is 27.4 Å². The van der Waals surface area contributed by atoms with Crippen LogP contribution in [0.3, 0.4) is 0 Å². The van der Waals surface area contributed by atoms with Gasteiger partial charge in [0, 0.05) is 23.9 Å². The number of esters is 1. The van der Waals surface area contributed by atoms with Gasteiger partial charge in [0.1, 0.15) is 5.75 Å². The first-order valence-electron chi connectivity index (χ1n) is 12.9. The molecule has 0 aliphatic heterocycles. The van der Waals surface area contributed by atoms with E-state index in [1.54, 1.807) is 25.3 Å². The Morgan fingerprint density at radius 1 is 0.811 bits per heavy atom. The van der Waals surface area contributed by atoms with Crippen molar-refractivity contribution >= 4 is 5.97 Å². The summed E-state index contributed by atoms with van der Waals surface area (Å²) in [5, 5.41) is 0. The van der Waals surface area contributed by atoms with Gasteiger partial charge in [-0.3, -0.25) is 4.98 Å². The van der Waals surface area contributed by atoms with Crippen molar-refractivity contribution in [3.63, 3.8) is 0 Å². The minimum absolute atomic E-state index is 0.0122. The van der Waals surface area contributed by atoms with Crippen molar-refractivity contribution in [3.05, 3.63) is 72.4 Å². The number of ether oxygens (including phenoxy) is 2. The van der Waals surface area contributed by atoms with Crippen LogP contribution >= 0.6 is 0 Å². The van der Waals surface area contributed by atoms with E-state index in [1.807, 2.05) is 12.1 Å². The number of hydrogen-bond donors (Lipinski definition) is 0. The van der Waals surface area contributed by atoms with Crippen LogP contribution in [0.2, 0.25) is 0 Å². The van der Waals surface area contributed by atoms with Crippen molar-refractivity contribution in [1.29, 1.82) is 0 Å². The van der Waals surface area contributed by atoms with Crippen LogP contribution in [0.1, 0.15) is 57.9 Å². The predicted molar refractivity (Wildman–Crippen MR) is 139 cm³/mol. The van der Waals surface area contributed by atoms with E-state index in [0.29, 0.717) is 6.42 Å². The molecule has 3 rings (SSSR count).